The van der Waals surface area contributed by atoms with Crippen molar-refractivity contribution in [3.8, 4) is 11.4 Å². The summed E-state index contributed by atoms with van der Waals surface area (Å²) in [6.45, 7) is 1.35. The van der Waals surface area contributed by atoms with Crippen molar-refractivity contribution < 1.29 is 23.2 Å². The largest absolute Gasteiger partial charge is 0.447 e. The predicted molar refractivity (Wildman–Crippen MR) is 109 cm³/mol. The summed E-state index contributed by atoms with van der Waals surface area (Å²) in [4.78, 5) is 31.4. The number of ether oxygens (including phenoxy) is 1. The zero-order valence-corrected chi connectivity index (χ0v) is 16.9. The monoisotopic (exact) mass is 423 g/mol. The third kappa shape index (κ3) is 5.14. The Morgan fingerprint density at radius 1 is 1.06 bits per heavy atom. The molecule has 8 heteroatoms. The van der Waals surface area contributed by atoms with Crippen LogP contribution < -0.4 is 0 Å². The van der Waals surface area contributed by atoms with E-state index in [0.29, 0.717) is 30.0 Å². The smallest absolute Gasteiger partial charge is 0.307 e. The van der Waals surface area contributed by atoms with Crippen LogP contribution in [0.15, 0.2) is 59.1 Å². The van der Waals surface area contributed by atoms with Gasteiger partial charge in [0.15, 0.2) is 0 Å². The highest BCUT2D eigenvalue weighted by Gasteiger charge is 2.31. The summed E-state index contributed by atoms with van der Waals surface area (Å²) in [5, 5.41) is 3.86. The molecule has 1 aliphatic heterocycles. The van der Waals surface area contributed by atoms with Crippen molar-refractivity contribution in [1.29, 1.82) is 0 Å². The number of hydrogen-bond donors (Lipinski definition) is 0. The molecule has 0 spiro atoms. The van der Waals surface area contributed by atoms with E-state index in [2.05, 4.69) is 10.1 Å². The topological polar surface area (TPSA) is 85.5 Å². The first-order chi connectivity index (χ1) is 15.1. The lowest BCUT2D eigenvalue weighted by molar-refractivity contribution is -0.160. The Hall–Kier alpha value is -3.55. The van der Waals surface area contributed by atoms with E-state index in [-0.39, 0.29) is 30.5 Å². The Kier molecular flexibility index (Phi) is 6.35. The van der Waals surface area contributed by atoms with Crippen molar-refractivity contribution in [2.45, 2.75) is 31.8 Å². The van der Waals surface area contributed by atoms with Crippen LogP contribution in [-0.4, -0.2) is 40.0 Å². The lowest BCUT2D eigenvalue weighted by Crippen LogP contribution is -2.34. The quantitative estimate of drug-likeness (QED) is 0.539. The number of aromatic nitrogens is 2. The van der Waals surface area contributed by atoms with Crippen LogP contribution in [0.3, 0.4) is 0 Å². The van der Waals surface area contributed by atoms with E-state index in [4.69, 9.17) is 9.26 Å². The van der Waals surface area contributed by atoms with Gasteiger partial charge >= 0.3 is 5.97 Å². The molecule has 1 saturated heterocycles. The van der Waals surface area contributed by atoms with Crippen molar-refractivity contribution in [2.75, 3.05) is 13.1 Å². The van der Waals surface area contributed by atoms with Crippen molar-refractivity contribution in [2.24, 2.45) is 0 Å². The fourth-order valence-electron chi connectivity index (χ4n) is 3.46. The zero-order valence-electron chi connectivity index (χ0n) is 16.9. The van der Waals surface area contributed by atoms with Crippen LogP contribution in [0.25, 0.3) is 11.4 Å². The van der Waals surface area contributed by atoms with Gasteiger partial charge in [-0.25, -0.2) is 4.39 Å². The molecule has 2 heterocycles. The van der Waals surface area contributed by atoms with Crippen LogP contribution in [0.4, 0.5) is 4.39 Å². The molecule has 1 aromatic heterocycles. The number of rotatable bonds is 7. The Morgan fingerprint density at radius 3 is 2.48 bits per heavy atom. The molecule has 4 rings (SSSR count). The van der Waals surface area contributed by atoms with Gasteiger partial charge in [0, 0.05) is 30.6 Å². The number of nitrogens with zero attached hydrogens (tertiary/aromatic N) is 3. The molecular weight excluding hydrogens is 401 g/mol. The van der Waals surface area contributed by atoms with Crippen LogP contribution in [-0.2, 0) is 20.7 Å². The standard InChI is InChI=1S/C23H22FN3O4/c24-18-10-8-17(9-11-18)22-25-19(31-26-22)12-13-20(28)30-21(16-6-2-1-3-7-16)23(29)27-14-4-5-15-27/h1-3,6-11,21H,4-5,12-15H2/t21-/m1/s1. The van der Waals surface area contributed by atoms with Crippen molar-refractivity contribution in [3.63, 3.8) is 0 Å². The molecule has 0 saturated carbocycles. The molecule has 0 radical (unpaired) electrons. The number of esters is 1. The first kappa shape index (κ1) is 20.7. The third-order valence-corrected chi connectivity index (χ3v) is 5.11. The second-order valence-electron chi connectivity index (χ2n) is 7.33. The van der Waals surface area contributed by atoms with Gasteiger partial charge in [-0.3, -0.25) is 9.59 Å². The van der Waals surface area contributed by atoms with Gasteiger partial charge in [0.2, 0.25) is 17.8 Å². The average Bonchev–Trinajstić information content (AvgIpc) is 3.49. The normalized spacial score (nSPS) is 14.4. The van der Waals surface area contributed by atoms with Crippen molar-refractivity contribution in [3.05, 3.63) is 71.9 Å². The zero-order chi connectivity index (χ0) is 21.6. The summed E-state index contributed by atoms with van der Waals surface area (Å²) in [5.74, 6) is -0.504. The summed E-state index contributed by atoms with van der Waals surface area (Å²) in [5.41, 5.74) is 1.25. The third-order valence-electron chi connectivity index (χ3n) is 5.11. The van der Waals surface area contributed by atoms with E-state index >= 15 is 0 Å². The molecule has 0 bridgehead atoms. The molecule has 31 heavy (non-hydrogen) atoms. The summed E-state index contributed by atoms with van der Waals surface area (Å²) in [6.07, 6.45) is 1.10. The maximum Gasteiger partial charge on any atom is 0.307 e. The summed E-state index contributed by atoms with van der Waals surface area (Å²) < 4.78 is 23.8. The van der Waals surface area contributed by atoms with Gasteiger partial charge in [0.05, 0.1) is 6.42 Å². The first-order valence-corrected chi connectivity index (χ1v) is 10.2. The Balaban J connectivity index is 1.39. The van der Waals surface area contributed by atoms with E-state index in [0.717, 1.165) is 12.8 Å². The SMILES string of the molecule is O=C(CCc1nc(-c2ccc(F)cc2)no1)O[C@@H](C(=O)N1CCCC1)c1ccccc1. The molecule has 1 atom stereocenters. The predicted octanol–water partition coefficient (Wildman–Crippen LogP) is 3.72. The van der Waals surface area contributed by atoms with E-state index in [1.165, 1.54) is 12.1 Å². The molecule has 3 aromatic rings. The van der Waals surface area contributed by atoms with Crippen molar-refractivity contribution in [1.82, 2.24) is 15.0 Å². The Labute approximate surface area is 178 Å². The molecule has 1 amide bonds. The molecule has 1 fully saturated rings. The molecule has 160 valence electrons. The van der Waals surface area contributed by atoms with Gasteiger partial charge in [-0.2, -0.15) is 4.98 Å². The molecule has 7 nitrogen and oxygen atoms in total. The Morgan fingerprint density at radius 2 is 1.77 bits per heavy atom. The lowest BCUT2D eigenvalue weighted by Gasteiger charge is -2.23. The maximum absolute atomic E-state index is 13.1. The van der Waals surface area contributed by atoms with Crippen molar-refractivity contribution >= 4 is 11.9 Å². The number of carbonyl (C=O) groups is 2. The number of amides is 1. The van der Waals surface area contributed by atoms with Gasteiger partial charge in [-0.15, -0.1) is 0 Å². The minimum absolute atomic E-state index is 0.0122. The van der Waals surface area contributed by atoms with E-state index in [1.54, 1.807) is 29.2 Å². The molecular formula is C23H22FN3O4. The molecule has 1 aliphatic rings. The highest BCUT2D eigenvalue weighted by atomic mass is 19.1. The molecule has 0 N–H and O–H groups in total. The second-order valence-corrected chi connectivity index (χ2v) is 7.33. The van der Waals surface area contributed by atoms with E-state index < -0.39 is 12.1 Å². The van der Waals surface area contributed by atoms with Gasteiger partial charge in [-0.1, -0.05) is 35.5 Å². The van der Waals surface area contributed by atoms with Crippen LogP contribution in [0.1, 0.15) is 36.8 Å². The Bertz CT molecular complexity index is 1030. The maximum atomic E-state index is 13.1. The number of carbonyl (C=O) groups excluding carboxylic acids is 2. The number of likely N-dealkylation sites (tertiary alicyclic amines) is 1. The lowest BCUT2D eigenvalue weighted by atomic mass is 10.1. The molecule has 2 aromatic carbocycles. The molecule has 0 aliphatic carbocycles. The van der Waals surface area contributed by atoms with Crippen LogP contribution in [0.2, 0.25) is 0 Å². The second kappa shape index (κ2) is 9.51. The van der Waals surface area contributed by atoms with Gasteiger partial charge in [-0.05, 0) is 37.1 Å². The first-order valence-electron chi connectivity index (χ1n) is 10.2. The van der Waals surface area contributed by atoms with E-state index in [9.17, 15) is 14.0 Å². The highest BCUT2D eigenvalue weighted by Crippen LogP contribution is 2.24. The number of benzene rings is 2. The van der Waals surface area contributed by atoms with Crippen LogP contribution >= 0.6 is 0 Å². The highest BCUT2D eigenvalue weighted by molar-refractivity contribution is 5.85. The average molecular weight is 423 g/mol. The van der Waals surface area contributed by atoms with Crippen LogP contribution in [0, 0.1) is 5.82 Å². The summed E-state index contributed by atoms with van der Waals surface area (Å²) in [6, 6.07) is 14.7. The van der Waals surface area contributed by atoms with Gasteiger partial charge in [0.1, 0.15) is 5.82 Å². The van der Waals surface area contributed by atoms with Crippen LogP contribution in [0.5, 0.6) is 0 Å². The number of halogens is 1. The summed E-state index contributed by atoms with van der Waals surface area (Å²) in [7, 11) is 0. The minimum Gasteiger partial charge on any atom is -0.447 e. The fraction of sp³-hybridized carbons (Fsp3) is 0.304. The summed E-state index contributed by atoms with van der Waals surface area (Å²) >= 11 is 0. The number of aryl methyl sites for hydroxylation is 1. The van der Waals surface area contributed by atoms with Gasteiger partial charge < -0.3 is 14.2 Å². The number of hydrogen-bond acceptors (Lipinski definition) is 6. The fourth-order valence-corrected chi connectivity index (χ4v) is 3.46. The minimum atomic E-state index is -0.968. The van der Waals surface area contributed by atoms with E-state index in [1.807, 2.05) is 18.2 Å². The van der Waals surface area contributed by atoms with Gasteiger partial charge in [0.25, 0.3) is 5.91 Å². The molecule has 0 unspecified atom stereocenters.